The molecular weight excluding hydrogens is 370 g/mol. The molecule has 0 amide bonds. The molecule has 0 spiro atoms. The molecule has 9 heteroatoms. The lowest BCUT2D eigenvalue weighted by molar-refractivity contribution is 0.415. The number of benzene rings is 1. The lowest BCUT2D eigenvalue weighted by atomic mass is 10.2. The SMILES string of the molecule is COc1ccc(-c2nnc(SCc3csc(-c4ccco4)n3)n2N)cc1. The van der Waals surface area contributed by atoms with Crippen molar-refractivity contribution < 1.29 is 9.15 Å². The standard InChI is InChI=1S/C17H15N5O2S2/c1-23-13-6-4-11(5-7-13)15-20-21-17(22(15)18)26-10-12-9-25-16(19-12)14-3-2-8-24-14/h2-9H,10,18H2,1H3. The summed E-state index contributed by atoms with van der Waals surface area (Å²) in [5.41, 5.74) is 1.82. The van der Waals surface area contributed by atoms with E-state index in [2.05, 4.69) is 15.2 Å². The highest BCUT2D eigenvalue weighted by molar-refractivity contribution is 7.98. The van der Waals surface area contributed by atoms with Gasteiger partial charge < -0.3 is 15.0 Å². The van der Waals surface area contributed by atoms with Crippen LogP contribution in [-0.4, -0.2) is 27.0 Å². The summed E-state index contributed by atoms with van der Waals surface area (Å²) >= 11 is 3.04. The molecule has 4 rings (SSSR count). The lowest BCUT2D eigenvalue weighted by Crippen LogP contribution is -2.11. The van der Waals surface area contributed by atoms with Gasteiger partial charge in [0.05, 0.1) is 19.1 Å². The zero-order valence-corrected chi connectivity index (χ0v) is 15.5. The van der Waals surface area contributed by atoms with Gasteiger partial charge in [0.2, 0.25) is 5.16 Å². The van der Waals surface area contributed by atoms with Gasteiger partial charge in [0.1, 0.15) is 5.75 Å². The largest absolute Gasteiger partial charge is 0.497 e. The first-order chi connectivity index (χ1) is 12.7. The van der Waals surface area contributed by atoms with Crippen LogP contribution in [0.5, 0.6) is 5.75 Å². The predicted octanol–water partition coefficient (Wildman–Crippen LogP) is 3.68. The molecule has 0 radical (unpaired) electrons. The monoisotopic (exact) mass is 385 g/mol. The summed E-state index contributed by atoms with van der Waals surface area (Å²) in [4.78, 5) is 4.57. The number of methoxy groups -OCH3 is 1. The zero-order chi connectivity index (χ0) is 17.9. The van der Waals surface area contributed by atoms with Crippen molar-refractivity contribution in [3.8, 4) is 27.9 Å². The second-order valence-corrected chi connectivity index (χ2v) is 7.12. The minimum absolute atomic E-state index is 0.602. The number of nitrogen functional groups attached to an aromatic ring is 1. The zero-order valence-electron chi connectivity index (χ0n) is 13.8. The Morgan fingerprint density at radius 1 is 1.23 bits per heavy atom. The Morgan fingerprint density at radius 2 is 2.08 bits per heavy atom. The van der Waals surface area contributed by atoms with Crippen LogP contribution in [0.25, 0.3) is 22.2 Å². The van der Waals surface area contributed by atoms with Gasteiger partial charge in [-0.25, -0.2) is 9.66 Å². The van der Waals surface area contributed by atoms with Gasteiger partial charge in [0.15, 0.2) is 16.6 Å². The van der Waals surface area contributed by atoms with Crippen molar-refractivity contribution in [2.75, 3.05) is 13.0 Å². The molecule has 4 aromatic rings. The summed E-state index contributed by atoms with van der Waals surface area (Å²) in [6, 6.07) is 11.3. The van der Waals surface area contributed by atoms with Crippen LogP contribution in [0.4, 0.5) is 0 Å². The third kappa shape index (κ3) is 3.31. The van der Waals surface area contributed by atoms with E-state index in [4.69, 9.17) is 15.0 Å². The third-order valence-electron chi connectivity index (χ3n) is 3.65. The number of nitrogens with zero attached hydrogens (tertiary/aromatic N) is 4. The molecule has 2 N–H and O–H groups in total. The molecule has 0 aliphatic rings. The molecular formula is C17H15N5O2S2. The summed E-state index contributed by atoms with van der Waals surface area (Å²) in [5, 5.41) is 11.9. The van der Waals surface area contributed by atoms with Crippen LogP contribution in [0.3, 0.4) is 0 Å². The van der Waals surface area contributed by atoms with Crippen LogP contribution < -0.4 is 10.6 Å². The number of thioether (sulfide) groups is 1. The number of ether oxygens (including phenoxy) is 1. The maximum absolute atomic E-state index is 6.16. The van der Waals surface area contributed by atoms with Gasteiger partial charge in [-0.15, -0.1) is 21.5 Å². The summed E-state index contributed by atoms with van der Waals surface area (Å²) in [7, 11) is 1.63. The molecule has 3 aromatic heterocycles. The Morgan fingerprint density at radius 3 is 2.81 bits per heavy atom. The highest BCUT2D eigenvalue weighted by Gasteiger charge is 2.14. The summed E-state index contributed by atoms with van der Waals surface area (Å²) in [5.74, 6) is 8.96. The average Bonchev–Trinajstić information content (AvgIpc) is 3.41. The van der Waals surface area contributed by atoms with E-state index in [9.17, 15) is 0 Å². The number of rotatable bonds is 6. The Hall–Kier alpha value is -2.78. The van der Waals surface area contributed by atoms with Gasteiger partial charge in [0.25, 0.3) is 0 Å². The summed E-state index contributed by atoms with van der Waals surface area (Å²) in [6.07, 6.45) is 1.64. The molecule has 0 aliphatic carbocycles. The topological polar surface area (TPSA) is 92.0 Å². The fraction of sp³-hybridized carbons (Fsp3) is 0.118. The molecule has 0 aliphatic heterocycles. The summed E-state index contributed by atoms with van der Waals surface area (Å²) in [6.45, 7) is 0. The molecule has 132 valence electrons. The quantitative estimate of drug-likeness (QED) is 0.400. The first-order valence-electron chi connectivity index (χ1n) is 7.70. The third-order valence-corrected chi connectivity index (χ3v) is 5.53. The maximum Gasteiger partial charge on any atom is 0.210 e. The fourth-order valence-electron chi connectivity index (χ4n) is 2.34. The van der Waals surface area contributed by atoms with E-state index >= 15 is 0 Å². The van der Waals surface area contributed by atoms with Crippen molar-refractivity contribution in [3.05, 3.63) is 53.7 Å². The van der Waals surface area contributed by atoms with E-state index in [1.165, 1.54) is 16.4 Å². The Balaban J connectivity index is 1.46. The van der Waals surface area contributed by atoms with Crippen molar-refractivity contribution in [1.29, 1.82) is 0 Å². The van der Waals surface area contributed by atoms with Crippen LogP contribution in [0.2, 0.25) is 0 Å². The Kier molecular flexibility index (Phi) is 4.63. The van der Waals surface area contributed by atoms with Crippen LogP contribution in [0.1, 0.15) is 5.69 Å². The van der Waals surface area contributed by atoms with Crippen molar-refractivity contribution in [2.24, 2.45) is 0 Å². The molecule has 1 aromatic carbocycles. The van der Waals surface area contributed by atoms with E-state index in [1.807, 2.05) is 41.8 Å². The smallest absolute Gasteiger partial charge is 0.210 e. The van der Waals surface area contributed by atoms with Crippen LogP contribution in [0, 0.1) is 0 Å². The van der Waals surface area contributed by atoms with E-state index < -0.39 is 0 Å². The fourth-order valence-corrected chi connectivity index (χ4v) is 3.98. The van der Waals surface area contributed by atoms with Crippen molar-refractivity contribution in [2.45, 2.75) is 10.9 Å². The molecule has 7 nitrogen and oxygen atoms in total. The number of furan rings is 1. The number of hydrogen-bond acceptors (Lipinski definition) is 8. The van der Waals surface area contributed by atoms with Crippen LogP contribution >= 0.6 is 23.1 Å². The Bertz CT molecular complexity index is 993. The molecule has 0 atom stereocenters. The molecule has 0 fully saturated rings. The molecule has 0 bridgehead atoms. The van der Waals surface area contributed by atoms with Gasteiger partial charge in [0, 0.05) is 16.7 Å². The van der Waals surface area contributed by atoms with Crippen LogP contribution in [-0.2, 0) is 5.75 Å². The number of aromatic nitrogens is 4. The van der Waals surface area contributed by atoms with Crippen LogP contribution in [0.15, 0.2) is 57.6 Å². The first kappa shape index (κ1) is 16.7. The minimum atomic E-state index is 0.602. The summed E-state index contributed by atoms with van der Waals surface area (Å²) < 4.78 is 12.0. The average molecular weight is 385 g/mol. The number of thiazole rings is 1. The second-order valence-electron chi connectivity index (χ2n) is 5.31. The van der Waals surface area contributed by atoms with E-state index in [-0.39, 0.29) is 0 Å². The molecule has 3 heterocycles. The lowest BCUT2D eigenvalue weighted by Gasteiger charge is -2.04. The number of nitrogens with two attached hydrogens (primary N) is 1. The van der Waals surface area contributed by atoms with Crippen molar-refractivity contribution in [1.82, 2.24) is 19.9 Å². The van der Waals surface area contributed by atoms with Crippen molar-refractivity contribution in [3.63, 3.8) is 0 Å². The molecule has 0 saturated carbocycles. The highest BCUT2D eigenvalue weighted by atomic mass is 32.2. The maximum atomic E-state index is 6.16. The predicted molar refractivity (Wildman–Crippen MR) is 102 cm³/mol. The van der Waals surface area contributed by atoms with E-state index in [1.54, 1.807) is 24.7 Å². The molecule has 0 saturated heterocycles. The van der Waals surface area contributed by atoms with Gasteiger partial charge >= 0.3 is 0 Å². The minimum Gasteiger partial charge on any atom is -0.497 e. The van der Waals surface area contributed by atoms with Crippen molar-refractivity contribution >= 4 is 23.1 Å². The molecule has 26 heavy (non-hydrogen) atoms. The van der Waals surface area contributed by atoms with Gasteiger partial charge in [-0.3, -0.25) is 0 Å². The van der Waals surface area contributed by atoms with Gasteiger partial charge in [-0.1, -0.05) is 11.8 Å². The van der Waals surface area contributed by atoms with Gasteiger partial charge in [-0.05, 0) is 36.4 Å². The van der Waals surface area contributed by atoms with E-state index in [0.29, 0.717) is 16.7 Å². The highest BCUT2D eigenvalue weighted by Crippen LogP contribution is 2.28. The molecule has 0 unspecified atom stereocenters. The normalized spacial score (nSPS) is 11.0. The first-order valence-corrected chi connectivity index (χ1v) is 9.57. The second kappa shape index (κ2) is 7.22. The Labute approximate surface area is 157 Å². The number of hydrogen-bond donors (Lipinski definition) is 1. The van der Waals surface area contributed by atoms with E-state index in [0.717, 1.165) is 27.8 Å². The van der Waals surface area contributed by atoms with Gasteiger partial charge in [-0.2, -0.15) is 0 Å².